The Labute approximate surface area is 167 Å². The molecule has 28 heavy (non-hydrogen) atoms. The topological polar surface area (TPSA) is 75.3 Å². The molecule has 144 valence electrons. The second kappa shape index (κ2) is 8.00. The molecular weight excluding hydrogens is 403 g/mol. The van der Waals surface area contributed by atoms with Crippen molar-refractivity contribution in [3.8, 4) is 0 Å². The third-order valence-corrected chi connectivity index (χ3v) is 5.63. The molecule has 0 unspecified atom stereocenters. The molecule has 0 heterocycles. The number of carbonyl (C=O) groups excluding carboxylic acids is 1. The van der Waals surface area contributed by atoms with Gasteiger partial charge in [-0.3, -0.25) is 9.52 Å². The van der Waals surface area contributed by atoms with Crippen LogP contribution < -0.4 is 10.0 Å². The van der Waals surface area contributed by atoms with Gasteiger partial charge >= 0.3 is 0 Å². The van der Waals surface area contributed by atoms with Crippen molar-refractivity contribution in [3.63, 3.8) is 0 Å². The summed E-state index contributed by atoms with van der Waals surface area (Å²) < 4.78 is 40.6. The van der Waals surface area contributed by atoms with E-state index < -0.39 is 21.7 Å². The first kappa shape index (κ1) is 19.9. The van der Waals surface area contributed by atoms with Gasteiger partial charge in [0.1, 0.15) is 5.82 Å². The highest BCUT2D eigenvalue weighted by Crippen LogP contribution is 2.23. The molecule has 5 nitrogen and oxygen atoms in total. The highest BCUT2D eigenvalue weighted by Gasteiger charge is 2.16. The van der Waals surface area contributed by atoms with Crippen LogP contribution in [0.15, 0.2) is 71.6 Å². The fraction of sp³-hybridized carbons (Fsp3) is 0.0500. The van der Waals surface area contributed by atoms with Crippen molar-refractivity contribution >= 4 is 38.9 Å². The van der Waals surface area contributed by atoms with Gasteiger partial charge in [-0.1, -0.05) is 29.8 Å². The summed E-state index contributed by atoms with van der Waals surface area (Å²) in [6, 6.07) is 16.4. The summed E-state index contributed by atoms with van der Waals surface area (Å²) in [6.07, 6.45) is 0. The molecule has 2 N–H and O–H groups in total. The Hall–Kier alpha value is -2.90. The van der Waals surface area contributed by atoms with E-state index in [4.69, 9.17) is 11.6 Å². The van der Waals surface area contributed by atoms with Crippen LogP contribution in [0.2, 0.25) is 5.02 Å². The Morgan fingerprint density at radius 2 is 1.71 bits per heavy atom. The number of carbonyl (C=O) groups is 1. The third kappa shape index (κ3) is 4.49. The minimum atomic E-state index is -3.73. The van der Waals surface area contributed by atoms with E-state index in [1.165, 1.54) is 36.4 Å². The Balaban J connectivity index is 1.78. The van der Waals surface area contributed by atoms with Crippen molar-refractivity contribution in [2.24, 2.45) is 0 Å². The normalized spacial score (nSPS) is 11.1. The van der Waals surface area contributed by atoms with Crippen LogP contribution in [0.1, 0.15) is 15.9 Å². The monoisotopic (exact) mass is 418 g/mol. The number of anilines is 2. The second-order valence-electron chi connectivity index (χ2n) is 6.03. The van der Waals surface area contributed by atoms with Crippen LogP contribution in [0.25, 0.3) is 0 Å². The number of rotatable bonds is 5. The molecule has 0 atom stereocenters. The zero-order chi connectivity index (χ0) is 20.3. The largest absolute Gasteiger partial charge is 0.322 e. The molecule has 3 rings (SSSR count). The third-order valence-electron chi connectivity index (χ3n) is 3.96. The van der Waals surface area contributed by atoms with Crippen LogP contribution in [0.5, 0.6) is 0 Å². The highest BCUT2D eigenvalue weighted by atomic mass is 35.5. The van der Waals surface area contributed by atoms with Gasteiger partial charge in [-0.25, -0.2) is 12.8 Å². The summed E-state index contributed by atoms with van der Waals surface area (Å²) in [5.74, 6) is -1.01. The minimum Gasteiger partial charge on any atom is -0.322 e. The van der Waals surface area contributed by atoms with Gasteiger partial charge in [-0.15, -0.1) is 0 Å². The number of halogens is 2. The van der Waals surface area contributed by atoms with Crippen LogP contribution >= 0.6 is 11.6 Å². The zero-order valence-electron chi connectivity index (χ0n) is 14.7. The lowest BCUT2D eigenvalue weighted by atomic mass is 10.1. The molecule has 0 aliphatic carbocycles. The summed E-state index contributed by atoms with van der Waals surface area (Å²) in [4.78, 5) is 12.5. The standard InChI is InChI=1S/C20H16ClFN2O3S/c1-13-11-14(20(25)23-15-8-9-18(22)17(21)12-15)7-10-19(13)24-28(26,27)16-5-3-2-4-6-16/h2-12,24H,1H3,(H,23,25). The van der Waals surface area contributed by atoms with Gasteiger partial charge in [0.15, 0.2) is 0 Å². The predicted molar refractivity (Wildman–Crippen MR) is 108 cm³/mol. The molecule has 0 aromatic heterocycles. The number of amides is 1. The number of aryl methyl sites for hydroxylation is 1. The number of benzene rings is 3. The predicted octanol–water partition coefficient (Wildman–Crippen LogP) is 4.84. The maximum atomic E-state index is 13.2. The van der Waals surface area contributed by atoms with Crippen molar-refractivity contribution < 1.29 is 17.6 Å². The van der Waals surface area contributed by atoms with E-state index in [0.29, 0.717) is 22.5 Å². The lowest BCUT2D eigenvalue weighted by molar-refractivity contribution is 0.102. The molecule has 0 bridgehead atoms. The van der Waals surface area contributed by atoms with E-state index >= 15 is 0 Å². The Morgan fingerprint density at radius 1 is 1.00 bits per heavy atom. The van der Waals surface area contributed by atoms with Crippen molar-refractivity contribution in [1.82, 2.24) is 0 Å². The average molecular weight is 419 g/mol. The van der Waals surface area contributed by atoms with Gasteiger partial charge in [0, 0.05) is 11.3 Å². The van der Waals surface area contributed by atoms with E-state index in [1.54, 1.807) is 31.2 Å². The maximum Gasteiger partial charge on any atom is 0.261 e. The van der Waals surface area contributed by atoms with Crippen molar-refractivity contribution in [3.05, 3.63) is 88.7 Å². The maximum absolute atomic E-state index is 13.2. The molecule has 3 aromatic rings. The van der Waals surface area contributed by atoms with Crippen molar-refractivity contribution in [1.29, 1.82) is 0 Å². The van der Waals surface area contributed by atoms with Crippen LogP contribution in [0, 0.1) is 12.7 Å². The fourth-order valence-corrected chi connectivity index (χ4v) is 3.83. The molecule has 0 fully saturated rings. The first-order valence-corrected chi connectivity index (χ1v) is 10.1. The molecule has 0 radical (unpaired) electrons. The van der Waals surface area contributed by atoms with Gasteiger partial charge in [0.2, 0.25) is 0 Å². The van der Waals surface area contributed by atoms with Gasteiger partial charge in [-0.2, -0.15) is 0 Å². The van der Waals surface area contributed by atoms with Crippen LogP contribution in [0.4, 0.5) is 15.8 Å². The second-order valence-corrected chi connectivity index (χ2v) is 8.12. The van der Waals surface area contributed by atoms with Crippen molar-refractivity contribution in [2.45, 2.75) is 11.8 Å². The smallest absolute Gasteiger partial charge is 0.261 e. The zero-order valence-corrected chi connectivity index (χ0v) is 16.3. The first-order valence-electron chi connectivity index (χ1n) is 8.21. The number of hydrogen-bond acceptors (Lipinski definition) is 3. The minimum absolute atomic E-state index is 0.0975. The lowest BCUT2D eigenvalue weighted by Crippen LogP contribution is -2.15. The SMILES string of the molecule is Cc1cc(C(=O)Nc2ccc(F)c(Cl)c2)ccc1NS(=O)(=O)c1ccccc1. The van der Waals surface area contributed by atoms with E-state index in [9.17, 15) is 17.6 Å². The Kier molecular flexibility index (Phi) is 5.67. The van der Waals surface area contributed by atoms with Gasteiger partial charge in [0.05, 0.1) is 15.6 Å². The summed E-state index contributed by atoms with van der Waals surface area (Å²) in [5, 5.41) is 2.52. The summed E-state index contributed by atoms with van der Waals surface area (Å²) in [5.41, 5.74) is 1.61. The number of sulfonamides is 1. The quantitative estimate of drug-likeness (QED) is 0.622. The van der Waals surface area contributed by atoms with E-state index in [-0.39, 0.29) is 9.92 Å². The summed E-state index contributed by atoms with van der Waals surface area (Å²) in [6.45, 7) is 1.69. The highest BCUT2D eigenvalue weighted by molar-refractivity contribution is 7.92. The van der Waals surface area contributed by atoms with Crippen LogP contribution in [-0.2, 0) is 10.0 Å². The van der Waals surface area contributed by atoms with Gasteiger partial charge < -0.3 is 5.32 Å². The average Bonchev–Trinajstić information content (AvgIpc) is 2.67. The molecule has 0 aliphatic heterocycles. The molecular formula is C20H16ClFN2O3S. The van der Waals surface area contributed by atoms with E-state index in [0.717, 1.165) is 6.07 Å². The van der Waals surface area contributed by atoms with E-state index in [1.807, 2.05) is 0 Å². The molecule has 0 aliphatic rings. The van der Waals surface area contributed by atoms with Gasteiger partial charge in [-0.05, 0) is 61.0 Å². The lowest BCUT2D eigenvalue weighted by Gasteiger charge is -2.12. The molecule has 3 aromatic carbocycles. The fourth-order valence-electron chi connectivity index (χ4n) is 2.50. The Bertz CT molecular complexity index is 1140. The number of hydrogen-bond donors (Lipinski definition) is 2. The molecule has 0 spiro atoms. The number of nitrogens with one attached hydrogen (secondary N) is 2. The summed E-state index contributed by atoms with van der Waals surface area (Å²) >= 11 is 5.71. The van der Waals surface area contributed by atoms with Crippen molar-refractivity contribution in [2.75, 3.05) is 10.0 Å². The van der Waals surface area contributed by atoms with E-state index in [2.05, 4.69) is 10.0 Å². The molecule has 0 saturated carbocycles. The molecule has 0 saturated heterocycles. The Morgan fingerprint density at radius 3 is 2.36 bits per heavy atom. The van der Waals surface area contributed by atoms with Crippen LogP contribution in [-0.4, -0.2) is 14.3 Å². The first-order chi connectivity index (χ1) is 13.3. The summed E-state index contributed by atoms with van der Waals surface area (Å²) in [7, 11) is -3.73. The van der Waals surface area contributed by atoms with Crippen LogP contribution in [0.3, 0.4) is 0 Å². The molecule has 8 heteroatoms. The molecule has 1 amide bonds. The van der Waals surface area contributed by atoms with Gasteiger partial charge in [0.25, 0.3) is 15.9 Å².